The van der Waals surface area contributed by atoms with Gasteiger partial charge in [0.2, 0.25) is 0 Å². The monoisotopic (exact) mass is 349 g/mol. The molecule has 1 heteroatoms. The quantitative estimate of drug-likeness (QED) is 0.169. The van der Waals surface area contributed by atoms with E-state index >= 15 is 0 Å². The van der Waals surface area contributed by atoms with Gasteiger partial charge >= 0.3 is 0 Å². The van der Waals surface area contributed by atoms with Crippen LogP contribution in [0.1, 0.15) is 111 Å². The van der Waals surface area contributed by atoms with Gasteiger partial charge in [0.1, 0.15) is 0 Å². The maximum atomic E-state index is 2.64. The number of hydrogen-bond donors (Lipinski definition) is 0. The summed E-state index contributed by atoms with van der Waals surface area (Å²) in [6.45, 7) is 10.7. The van der Waals surface area contributed by atoms with E-state index in [9.17, 15) is 0 Å². The third kappa shape index (κ3) is 19.6. The highest BCUT2D eigenvalue weighted by Crippen LogP contribution is 2.08. The van der Waals surface area contributed by atoms with Crippen LogP contribution in [0.25, 0.3) is 0 Å². The molecular formula is C24H47N. The van der Waals surface area contributed by atoms with Crippen molar-refractivity contribution in [2.24, 2.45) is 0 Å². The third-order valence-corrected chi connectivity index (χ3v) is 4.98. The van der Waals surface area contributed by atoms with E-state index in [2.05, 4.69) is 50.0 Å². The van der Waals surface area contributed by atoms with Gasteiger partial charge in [0, 0.05) is 0 Å². The molecule has 25 heavy (non-hydrogen) atoms. The molecule has 0 amide bonds. The van der Waals surface area contributed by atoms with Gasteiger partial charge in [-0.05, 0) is 58.2 Å². The summed E-state index contributed by atoms with van der Waals surface area (Å²) in [5.41, 5.74) is 0. The zero-order valence-corrected chi connectivity index (χ0v) is 17.8. The van der Waals surface area contributed by atoms with Gasteiger partial charge in [-0.2, -0.15) is 0 Å². The first-order valence-corrected chi connectivity index (χ1v) is 11.4. The number of allylic oxidation sites excluding steroid dienone is 4. The Kier molecular flexibility index (Phi) is 21.0. The zero-order chi connectivity index (χ0) is 18.4. The Morgan fingerprint density at radius 1 is 0.520 bits per heavy atom. The first kappa shape index (κ1) is 24.4. The van der Waals surface area contributed by atoms with Crippen molar-refractivity contribution in [2.75, 3.05) is 19.6 Å². The van der Waals surface area contributed by atoms with Crippen LogP contribution in [0.5, 0.6) is 0 Å². The lowest BCUT2D eigenvalue weighted by Crippen LogP contribution is -2.25. The molecule has 0 atom stereocenters. The lowest BCUT2D eigenvalue weighted by Gasteiger charge is -2.20. The second-order valence-electron chi connectivity index (χ2n) is 7.40. The fourth-order valence-corrected chi connectivity index (χ4v) is 3.18. The highest BCUT2D eigenvalue weighted by molar-refractivity contribution is 5.02. The van der Waals surface area contributed by atoms with Crippen molar-refractivity contribution < 1.29 is 0 Å². The van der Waals surface area contributed by atoms with Gasteiger partial charge in [0.15, 0.2) is 0 Å². The molecule has 0 radical (unpaired) electrons. The fraction of sp³-hybridized carbons (Fsp3) is 0.833. The molecule has 0 aromatic carbocycles. The number of hydrogen-bond acceptors (Lipinski definition) is 1. The average Bonchev–Trinajstić information content (AvgIpc) is 2.63. The molecule has 0 aliphatic heterocycles. The Balaban J connectivity index is 3.36. The molecule has 0 aromatic heterocycles. The van der Waals surface area contributed by atoms with Crippen LogP contribution in [0.2, 0.25) is 0 Å². The molecule has 0 rings (SSSR count). The maximum Gasteiger partial charge on any atom is -0.00189 e. The van der Waals surface area contributed by atoms with Crippen LogP contribution < -0.4 is 0 Å². The topological polar surface area (TPSA) is 3.24 Å². The summed E-state index contributed by atoms with van der Waals surface area (Å²) >= 11 is 0. The third-order valence-electron chi connectivity index (χ3n) is 4.98. The Morgan fingerprint density at radius 2 is 0.960 bits per heavy atom. The van der Waals surface area contributed by atoms with Gasteiger partial charge in [-0.3, -0.25) is 0 Å². The standard InChI is InChI=1S/C24H47N/c1-4-7-9-11-12-13-14-15-16-17-18-19-20-22-24-25(6-3)23-21-10-8-5-2/h12-15H,4-11,16-24H2,1-3H3/b13-12+,15-14+. The molecule has 0 saturated carbocycles. The minimum atomic E-state index is 1.23. The first-order valence-electron chi connectivity index (χ1n) is 11.4. The summed E-state index contributed by atoms with van der Waals surface area (Å²) < 4.78 is 0. The molecule has 0 aromatic rings. The molecule has 0 unspecified atom stereocenters. The van der Waals surface area contributed by atoms with E-state index in [-0.39, 0.29) is 0 Å². The van der Waals surface area contributed by atoms with E-state index in [0.717, 1.165) is 0 Å². The van der Waals surface area contributed by atoms with Crippen LogP contribution in [0, 0.1) is 0 Å². The van der Waals surface area contributed by atoms with Gasteiger partial charge in [-0.25, -0.2) is 0 Å². The van der Waals surface area contributed by atoms with Crippen LogP contribution in [0.15, 0.2) is 24.3 Å². The summed E-state index contributed by atoms with van der Waals surface area (Å²) in [5.74, 6) is 0. The van der Waals surface area contributed by atoms with Gasteiger partial charge in [0.05, 0.1) is 0 Å². The van der Waals surface area contributed by atoms with E-state index in [1.807, 2.05) is 0 Å². The van der Waals surface area contributed by atoms with Crippen LogP contribution in [0.3, 0.4) is 0 Å². The largest absolute Gasteiger partial charge is 0.304 e. The van der Waals surface area contributed by atoms with Crippen molar-refractivity contribution in [3.63, 3.8) is 0 Å². The van der Waals surface area contributed by atoms with Gasteiger partial charge in [-0.1, -0.05) is 96.4 Å². The smallest absolute Gasteiger partial charge is 0.00189 e. The second-order valence-corrected chi connectivity index (χ2v) is 7.40. The highest BCUT2D eigenvalue weighted by Gasteiger charge is 2.01. The minimum Gasteiger partial charge on any atom is -0.304 e. The fourth-order valence-electron chi connectivity index (χ4n) is 3.18. The number of nitrogens with zero attached hydrogens (tertiary/aromatic N) is 1. The molecule has 0 saturated heterocycles. The molecule has 0 N–H and O–H groups in total. The first-order chi connectivity index (χ1) is 12.3. The molecule has 0 heterocycles. The van der Waals surface area contributed by atoms with Crippen molar-refractivity contribution in [1.82, 2.24) is 4.90 Å². The van der Waals surface area contributed by atoms with Gasteiger partial charge in [0.25, 0.3) is 0 Å². The predicted molar refractivity (Wildman–Crippen MR) is 116 cm³/mol. The van der Waals surface area contributed by atoms with Crippen molar-refractivity contribution in [2.45, 2.75) is 111 Å². The van der Waals surface area contributed by atoms with Crippen molar-refractivity contribution in [3.8, 4) is 0 Å². The zero-order valence-electron chi connectivity index (χ0n) is 17.8. The second kappa shape index (κ2) is 21.5. The molecular weight excluding hydrogens is 302 g/mol. The number of rotatable bonds is 19. The summed E-state index contributed by atoms with van der Waals surface area (Å²) in [6, 6.07) is 0. The molecule has 0 bridgehead atoms. The summed E-state index contributed by atoms with van der Waals surface area (Å²) in [6.07, 6.45) is 28.1. The minimum absolute atomic E-state index is 1.23. The lowest BCUT2D eigenvalue weighted by atomic mass is 10.1. The normalized spacial score (nSPS) is 12.2. The van der Waals surface area contributed by atoms with E-state index in [0.29, 0.717) is 0 Å². The molecule has 148 valence electrons. The summed E-state index contributed by atoms with van der Waals surface area (Å²) in [5, 5.41) is 0. The highest BCUT2D eigenvalue weighted by atomic mass is 15.1. The molecule has 1 nitrogen and oxygen atoms in total. The Bertz CT molecular complexity index is 292. The van der Waals surface area contributed by atoms with Crippen molar-refractivity contribution in [1.29, 1.82) is 0 Å². The summed E-state index contributed by atoms with van der Waals surface area (Å²) in [7, 11) is 0. The van der Waals surface area contributed by atoms with E-state index in [1.54, 1.807) is 0 Å². The molecule has 0 aliphatic carbocycles. The van der Waals surface area contributed by atoms with E-state index < -0.39 is 0 Å². The predicted octanol–water partition coefficient (Wildman–Crippen LogP) is 7.92. The van der Waals surface area contributed by atoms with Crippen LogP contribution in [-0.2, 0) is 0 Å². The number of unbranched alkanes of at least 4 members (excludes halogenated alkanes) is 11. The van der Waals surface area contributed by atoms with Gasteiger partial charge < -0.3 is 4.90 Å². The van der Waals surface area contributed by atoms with Gasteiger partial charge in [-0.15, -0.1) is 0 Å². The average molecular weight is 350 g/mol. The maximum absolute atomic E-state index is 2.64. The van der Waals surface area contributed by atoms with Crippen molar-refractivity contribution >= 4 is 0 Å². The molecule has 0 fully saturated rings. The van der Waals surface area contributed by atoms with Crippen LogP contribution in [0.4, 0.5) is 0 Å². The Hall–Kier alpha value is -0.560. The van der Waals surface area contributed by atoms with E-state index in [1.165, 1.54) is 110 Å². The SMILES string of the molecule is CCCCC/C=C/C=C/CCCCCCCN(CC)CCCCCC. The van der Waals surface area contributed by atoms with Crippen LogP contribution in [-0.4, -0.2) is 24.5 Å². The molecule has 0 aliphatic rings. The Labute approximate surface area is 160 Å². The molecule has 0 spiro atoms. The Morgan fingerprint density at radius 3 is 1.52 bits per heavy atom. The summed E-state index contributed by atoms with van der Waals surface area (Å²) in [4.78, 5) is 2.64. The van der Waals surface area contributed by atoms with Crippen LogP contribution >= 0.6 is 0 Å². The van der Waals surface area contributed by atoms with E-state index in [4.69, 9.17) is 0 Å². The lowest BCUT2D eigenvalue weighted by molar-refractivity contribution is 0.273. The van der Waals surface area contributed by atoms with Crippen molar-refractivity contribution in [3.05, 3.63) is 24.3 Å².